The molecule has 1 unspecified atom stereocenters. The van der Waals surface area contributed by atoms with E-state index in [4.69, 9.17) is 4.74 Å². The monoisotopic (exact) mass is 304 g/mol. The van der Waals surface area contributed by atoms with Crippen molar-refractivity contribution in [3.8, 4) is 0 Å². The third-order valence-electron chi connectivity index (χ3n) is 3.22. The first-order valence-corrected chi connectivity index (χ1v) is 8.74. The summed E-state index contributed by atoms with van der Waals surface area (Å²) in [7, 11) is -1.57. The second-order valence-electron chi connectivity index (χ2n) is 4.50. The maximum absolute atomic E-state index is 12.7. The molecule has 2 heterocycles. The van der Waals surface area contributed by atoms with Crippen molar-refractivity contribution in [2.24, 2.45) is 0 Å². The van der Waals surface area contributed by atoms with Crippen LogP contribution in [0.3, 0.4) is 0 Å². The third kappa shape index (κ3) is 3.17. The number of hydrogen-bond donors (Lipinski definition) is 1. The van der Waals surface area contributed by atoms with E-state index in [1.165, 1.54) is 11.3 Å². The second kappa shape index (κ2) is 6.32. The summed E-state index contributed by atoms with van der Waals surface area (Å²) in [5.41, 5.74) is 0. The van der Waals surface area contributed by atoms with Gasteiger partial charge in [0.25, 0.3) is 0 Å². The number of rotatable bonds is 5. The lowest BCUT2D eigenvalue weighted by atomic mass is 10.2. The summed E-state index contributed by atoms with van der Waals surface area (Å²) in [5, 5.41) is 4.84. The molecule has 108 valence electrons. The van der Waals surface area contributed by atoms with E-state index in [1.807, 2.05) is 19.4 Å². The van der Waals surface area contributed by atoms with Crippen molar-refractivity contribution in [2.75, 3.05) is 26.7 Å². The van der Waals surface area contributed by atoms with Crippen molar-refractivity contribution < 1.29 is 13.2 Å². The average molecular weight is 304 g/mol. The lowest BCUT2D eigenvalue weighted by molar-refractivity contribution is -0.00278. The van der Waals surface area contributed by atoms with Crippen molar-refractivity contribution in [1.29, 1.82) is 0 Å². The molecule has 0 bridgehead atoms. The lowest BCUT2D eigenvalue weighted by Crippen LogP contribution is -2.45. The number of thiophene rings is 1. The Bertz CT molecular complexity index is 513. The van der Waals surface area contributed by atoms with Crippen LogP contribution in [0.15, 0.2) is 16.3 Å². The first-order valence-electron chi connectivity index (χ1n) is 6.42. The molecule has 0 saturated carbocycles. The van der Waals surface area contributed by atoms with Crippen LogP contribution in [0.2, 0.25) is 0 Å². The molecule has 1 aromatic rings. The fourth-order valence-corrected chi connectivity index (χ4v) is 5.03. The molecule has 1 fully saturated rings. The highest BCUT2D eigenvalue weighted by molar-refractivity contribution is 7.89. The van der Waals surface area contributed by atoms with Gasteiger partial charge in [-0.2, -0.15) is 4.31 Å². The Labute approximate surface area is 118 Å². The van der Waals surface area contributed by atoms with Gasteiger partial charge < -0.3 is 10.1 Å². The van der Waals surface area contributed by atoms with Crippen molar-refractivity contribution in [2.45, 2.75) is 30.9 Å². The van der Waals surface area contributed by atoms with Crippen LogP contribution in [0.4, 0.5) is 0 Å². The van der Waals surface area contributed by atoms with Crippen molar-refractivity contribution in [3.63, 3.8) is 0 Å². The molecule has 0 radical (unpaired) electrons. The molecule has 1 aromatic heterocycles. The zero-order chi connectivity index (χ0) is 13.9. The highest BCUT2D eigenvalue weighted by atomic mass is 32.2. The molecule has 1 N–H and O–H groups in total. The molecular weight excluding hydrogens is 284 g/mol. The normalized spacial score (nSPS) is 21.7. The summed E-state index contributed by atoms with van der Waals surface area (Å²) in [6, 6.07) is 1.70. The van der Waals surface area contributed by atoms with Gasteiger partial charge in [-0.05, 0) is 24.9 Å². The van der Waals surface area contributed by atoms with Gasteiger partial charge in [0.1, 0.15) is 0 Å². The first-order chi connectivity index (χ1) is 9.09. The maximum atomic E-state index is 12.7. The molecule has 1 aliphatic heterocycles. The van der Waals surface area contributed by atoms with Crippen LogP contribution in [0, 0.1) is 0 Å². The Morgan fingerprint density at radius 3 is 3.05 bits per heavy atom. The van der Waals surface area contributed by atoms with E-state index >= 15 is 0 Å². The molecule has 0 amide bonds. The van der Waals surface area contributed by atoms with Gasteiger partial charge >= 0.3 is 0 Å². The second-order valence-corrected chi connectivity index (χ2v) is 7.41. The molecule has 7 heteroatoms. The van der Waals surface area contributed by atoms with Gasteiger partial charge in [-0.25, -0.2) is 8.42 Å². The maximum Gasteiger partial charge on any atom is 0.244 e. The Balaban J connectivity index is 2.23. The molecule has 5 nitrogen and oxygen atoms in total. The number of hydrogen-bond acceptors (Lipinski definition) is 5. The quantitative estimate of drug-likeness (QED) is 0.890. The van der Waals surface area contributed by atoms with E-state index in [-0.39, 0.29) is 6.10 Å². The standard InChI is InChI=1S/C12H20N2O3S2/c1-3-10-9-14(5-6-17-10)19(15,16)12-4-7-18-11(12)8-13-2/h4,7,10,13H,3,5-6,8-9H2,1-2H3. The predicted octanol–water partition coefficient (Wildman–Crippen LogP) is 1.27. The highest BCUT2D eigenvalue weighted by Gasteiger charge is 2.31. The Morgan fingerprint density at radius 2 is 2.37 bits per heavy atom. The smallest absolute Gasteiger partial charge is 0.244 e. The molecule has 0 aliphatic carbocycles. The van der Waals surface area contributed by atoms with E-state index < -0.39 is 10.0 Å². The lowest BCUT2D eigenvalue weighted by Gasteiger charge is -2.31. The SMILES string of the molecule is CCC1CN(S(=O)(=O)c2ccsc2CNC)CCO1. The fraction of sp³-hybridized carbons (Fsp3) is 0.667. The number of nitrogens with zero attached hydrogens (tertiary/aromatic N) is 1. The summed E-state index contributed by atoms with van der Waals surface area (Å²) in [6.07, 6.45) is 0.842. The summed E-state index contributed by atoms with van der Waals surface area (Å²) >= 11 is 1.47. The van der Waals surface area contributed by atoms with Gasteiger partial charge in [-0.1, -0.05) is 6.92 Å². The number of morpholine rings is 1. The number of nitrogens with one attached hydrogen (secondary N) is 1. The number of sulfonamides is 1. The topological polar surface area (TPSA) is 58.6 Å². The van der Waals surface area contributed by atoms with Crippen LogP contribution in [0.25, 0.3) is 0 Å². The fourth-order valence-electron chi connectivity index (χ4n) is 2.14. The minimum absolute atomic E-state index is 0.00918. The molecule has 2 rings (SSSR count). The van der Waals surface area contributed by atoms with Crippen LogP contribution in [-0.4, -0.2) is 45.6 Å². The van der Waals surface area contributed by atoms with Gasteiger partial charge in [0, 0.05) is 24.5 Å². The van der Waals surface area contributed by atoms with E-state index in [0.29, 0.717) is 31.1 Å². The average Bonchev–Trinajstić information content (AvgIpc) is 2.88. The zero-order valence-electron chi connectivity index (χ0n) is 11.3. The van der Waals surface area contributed by atoms with Crippen LogP contribution < -0.4 is 5.32 Å². The molecular formula is C12H20N2O3S2. The van der Waals surface area contributed by atoms with Gasteiger partial charge in [-0.3, -0.25) is 0 Å². The first kappa shape index (κ1) is 14.9. The van der Waals surface area contributed by atoms with Crippen LogP contribution in [0.1, 0.15) is 18.2 Å². The molecule has 19 heavy (non-hydrogen) atoms. The van der Waals surface area contributed by atoms with Crippen LogP contribution in [-0.2, 0) is 21.3 Å². The highest BCUT2D eigenvalue weighted by Crippen LogP contribution is 2.26. The van der Waals surface area contributed by atoms with E-state index in [2.05, 4.69) is 5.32 Å². The van der Waals surface area contributed by atoms with Crippen LogP contribution >= 0.6 is 11.3 Å². The van der Waals surface area contributed by atoms with Crippen molar-refractivity contribution in [1.82, 2.24) is 9.62 Å². The summed E-state index contributed by atoms with van der Waals surface area (Å²) < 4.78 is 32.4. The van der Waals surface area contributed by atoms with Crippen molar-refractivity contribution in [3.05, 3.63) is 16.3 Å². The van der Waals surface area contributed by atoms with Gasteiger partial charge in [0.2, 0.25) is 10.0 Å². The zero-order valence-corrected chi connectivity index (χ0v) is 12.9. The van der Waals surface area contributed by atoms with Gasteiger partial charge in [0.05, 0.1) is 17.6 Å². The molecule has 1 aliphatic rings. The Hall–Kier alpha value is -0.470. The van der Waals surface area contributed by atoms with Gasteiger partial charge in [0.15, 0.2) is 0 Å². The number of ether oxygens (including phenoxy) is 1. The minimum Gasteiger partial charge on any atom is -0.375 e. The van der Waals surface area contributed by atoms with Gasteiger partial charge in [-0.15, -0.1) is 11.3 Å². The van der Waals surface area contributed by atoms with E-state index in [9.17, 15) is 8.42 Å². The third-order valence-corrected chi connectivity index (χ3v) is 6.22. The largest absolute Gasteiger partial charge is 0.375 e. The molecule has 1 atom stereocenters. The molecule has 0 aromatic carbocycles. The van der Waals surface area contributed by atoms with E-state index in [0.717, 1.165) is 11.3 Å². The summed E-state index contributed by atoms with van der Waals surface area (Å²) in [4.78, 5) is 1.30. The Kier molecular flexibility index (Phi) is 4.97. The minimum atomic E-state index is -3.39. The molecule has 1 saturated heterocycles. The van der Waals surface area contributed by atoms with Crippen molar-refractivity contribution >= 4 is 21.4 Å². The molecule has 0 spiro atoms. The summed E-state index contributed by atoms with van der Waals surface area (Å²) in [5.74, 6) is 0. The Morgan fingerprint density at radius 1 is 1.58 bits per heavy atom. The van der Waals surface area contributed by atoms with E-state index in [1.54, 1.807) is 10.4 Å². The predicted molar refractivity (Wildman–Crippen MR) is 75.9 cm³/mol. The van der Waals surface area contributed by atoms with Crippen LogP contribution in [0.5, 0.6) is 0 Å². The summed E-state index contributed by atoms with van der Waals surface area (Å²) in [6.45, 7) is 3.95.